The van der Waals surface area contributed by atoms with Crippen molar-refractivity contribution in [1.82, 2.24) is 14.5 Å². The van der Waals surface area contributed by atoms with E-state index in [2.05, 4.69) is 16.9 Å². The highest BCUT2D eigenvalue weighted by Crippen LogP contribution is 2.24. The second-order valence-electron chi connectivity index (χ2n) is 3.57. The van der Waals surface area contributed by atoms with Gasteiger partial charge in [-0.3, -0.25) is 4.79 Å². The van der Waals surface area contributed by atoms with Crippen LogP contribution in [-0.4, -0.2) is 26.2 Å². The lowest BCUT2D eigenvalue weighted by Crippen LogP contribution is -2.01. The minimum absolute atomic E-state index is 0.0304. The van der Waals surface area contributed by atoms with Gasteiger partial charge < -0.3 is 4.57 Å². The van der Waals surface area contributed by atoms with Gasteiger partial charge in [0.2, 0.25) is 0 Å². The van der Waals surface area contributed by atoms with Crippen LogP contribution in [0, 0.1) is 0 Å². The van der Waals surface area contributed by atoms with Crippen LogP contribution in [0.15, 0.2) is 17.9 Å². The number of halogens is 1. The lowest BCUT2D eigenvalue weighted by atomic mass is 10.3. The minimum atomic E-state index is -0.143. The molecule has 17 heavy (non-hydrogen) atoms. The number of alkyl halides is 1. The van der Waals surface area contributed by atoms with Crippen molar-refractivity contribution in [3.8, 4) is 10.7 Å². The van der Waals surface area contributed by atoms with Crippen molar-refractivity contribution in [2.75, 3.05) is 5.88 Å². The number of nitrogens with zero attached hydrogens (tertiary/aromatic N) is 3. The van der Waals surface area contributed by atoms with E-state index in [0.717, 1.165) is 23.7 Å². The Labute approximate surface area is 108 Å². The van der Waals surface area contributed by atoms with Gasteiger partial charge in [-0.25, -0.2) is 9.97 Å². The topological polar surface area (TPSA) is 47.8 Å². The predicted molar refractivity (Wildman–Crippen MR) is 68.7 cm³/mol. The van der Waals surface area contributed by atoms with E-state index < -0.39 is 0 Å². The van der Waals surface area contributed by atoms with Gasteiger partial charge in [0.05, 0.1) is 24.1 Å². The molecule has 0 saturated carbocycles. The summed E-state index contributed by atoms with van der Waals surface area (Å²) in [5.74, 6) is -0.173. The molecule has 2 aromatic rings. The van der Waals surface area contributed by atoms with Crippen molar-refractivity contribution in [2.24, 2.45) is 0 Å². The second kappa shape index (κ2) is 5.42. The molecule has 0 radical (unpaired) electrons. The Bertz CT molecular complexity index is 520. The number of aromatic nitrogens is 3. The molecule has 2 heterocycles. The molecule has 0 atom stereocenters. The zero-order chi connectivity index (χ0) is 12.3. The molecular weight excluding hydrogens is 258 g/mol. The highest BCUT2D eigenvalue weighted by molar-refractivity contribution is 7.13. The van der Waals surface area contributed by atoms with Crippen molar-refractivity contribution in [2.45, 2.75) is 19.9 Å². The highest BCUT2D eigenvalue weighted by atomic mass is 35.5. The summed E-state index contributed by atoms with van der Waals surface area (Å²) in [5, 5.41) is 2.55. The molecule has 6 heteroatoms. The third-order valence-electron chi connectivity index (χ3n) is 2.31. The number of Topliss-reactive ketones (excluding diaryl/α,β-unsaturated/α-hetero) is 1. The summed E-state index contributed by atoms with van der Waals surface area (Å²) < 4.78 is 2.04. The molecule has 4 nitrogen and oxygen atoms in total. The monoisotopic (exact) mass is 269 g/mol. The Hall–Kier alpha value is -1.20. The maximum absolute atomic E-state index is 11.4. The van der Waals surface area contributed by atoms with Crippen LogP contribution in [0.1, 0.15) is 23.8 Å². The van der Waals surface area contributed by atoms with Gasteiger partial charge in [0, 0.05) is 11.9 Å². The molecule has 0 spiro atoms. The van der Waals surface area contributed by atoms with Crippen LogP contribution in [0.2, 0.25) is 0 Å². The fourth-order valence-electron chi connectivity index (χ4n) is 1.51. The van der Waals surface area contributed by atoms with Crippen LogP contribution in [0.4, 0.5) is 0 Å². The fraction of sp³-hybridized carbons (Fsp3) is 0.364. The van der Waals surface area contributed by atoms with E-state index in [1.165, 1.54) is 11.3 Å². The summed E-state index contributed by atoms with van der Waals surface area (Å²) in [5.41, 5.74) is 1.38. The third-order valence-corrected chi connectivity index (χ3v) is 3.41. The van der Waals surface area contributed by atoms with Gasteiger partial charge in [0.25, 0.3) is 0 Å². The van der Waals surface area contributed by atoms with E-state index in [4.69, 9.17) is 11.6 Å². The molecule has 0 aliphatic rings. The molecular formula is C11H12ClN3OS. The molecule has 0 aliphatic carbocycles. The average molecular weight is 270 g/mol. The summed E-state index contributed by atoms with van der Waals surface area (Å²) in [4.78, 5) is 19.8. The van der Waals surface area contributed by atoms with Crippen LogP contribution in [0.25, 0.3) is 10.7 Å². The Kier molecular flexibility index (Phi) is 3.91. The molecule has 0 N–H and O–H groups in total. The first-order valence-corrected chi connectivity index (χ1v) is 6.73. The predicted octanol–water partition coefficient (Wildman–Crippen LogP) is 2.84. The van der Waals surface area contributed by atoms with Crippen LogP contribution in [0.5, 0.6) is 0 Å². The molecule has 2 rings (SSSR count). The second-order valence-corrected chi connectivity index (χ2v) is 4.69. The molecule has 0 aliphatic heterocycles. The minimum Gasteiger partial charge on any atom is -0.329 e. The quantitative estimate of drug-likeness (QED) is 0.619. The molecule has 0 amide bonds. The molecule has 0 fully saturated rings. The van der Waals surface area contributed by atoms with Gasteiger partial charge in [0.15, 0.2) is 5.78 Å². The Morgan fingerprint density at radius 3 is 3.12 bits per heavy atom. The molecule has 0 unspecified atom stereocenters. The molecule has 0 bridgehead atoms. The van der Waals surface area contributed by atoms with Gasteiger partial charge in [-0.15, -0.1) is 22.9 Å². The van der Waals surface area contributed by atoms with Gasteiger partial charge in [-0.05, 0) is 6.42 Å². The fourth-order valence-corrected chi connectivity index (χ4v) is 2.49. The number of hydrogen-bond donors (Lipinski definition) is 0. The van der Waals surface area contributed by atoms with Crippen LogP contribution in [0.3, 0.4) is 0 Å². The largest absolute Gasteiger partial charge is 0.329 e. The lowest BCUT2D eigenvalue weighted by molar-refractivity contribution is 0.101. The molecule has 2 aromatic heterocycles. The van der Waals surface area contributed by atoms with Crippen molar-refractivity contribution in [3.05, 3.63) is 23.6 Å². The summed E-state index contributed by atoms with van der Waals surface area (Å²) in [6, 6.07) is 0. The maximum Gasteiger partial charge on any atom is 0.196 e. The van der Waals surface area contributed by atoms with Crippen LogP contribution in [-0.2, 0) is 6.54 Å². The van der Waals surface area contributed by atoms with E-state index in [-0.39, 0.29) is 11.7 Å². The van der Waals surface area contributed by atoms with E-state index in [1.54, 1.807) is 17.9 Å². The molecule has 90 valence electrons. The summed E-state index contributed by atoms with van der Waals surface area (Å²) in [7, 11) is 0. The van der Waals surface area contributed by atoms with E-state index >= 15 is 0 Å². The number of carbonyl (C=O) groups is 1. The molecule has 0 saturated heterocycles. The van der Waals surface area contributed by atoms with Crippen molar-refractivity contribution >= 4 is 28.7 Å². The van der Waals surface area contributed by atoms with Crippen molar-refractivity contribution in [3.63, 3.8) is 0 Å². The van der Waals surface area contributed by atoms with Gasteiger partial charge in [0.1, 0.15) is 10.7 Å². The standard InChI is InChI=1S/C11H12ClN3OS/c1-2-3-15-7-13-5-9(15)11-14-8(6-17-11)10(16)4-12/h5-7H,2-4H2,1H3. The zero-order valence-electron chi connectivity index (χ0n) is 9.39. The Morgan fingerprint density at radius 1 is 1.59 bits per heavy atom. The maximum atomic E-state index is 11.4. The highest BCUT2D eigenvalue weighted by Gasteiger charge is 2.13. The number of aryl methyl sites for hydroxylation is 1. The van der Waals surface area contributed by atoms with Crippen molar-refractivity contribution in [1.29, 1.82) is 0 Å². The SMILES string of the molecule is CCCn1cncc1-c1nc(C(=O)CCl)cs1. The first-order chi connectivity index (χ1) is 8.26. The summed E-state index contributed by atoms with van der Waals surface area (Å²) in [6.07, 6.45) is 4.58. The number of rotatable bonds is 5. The Morgan fingerprint density at radius 2 is 2.41 bits per heavy atom. The smallest absolute Gasteiger partial charge is 0.196 e. The number of ketones is 1. The number of thiazole rings is 1. The Balaban J connectivity index is 2.30. The van der Waals surface area contributed by atoms with Gasteiger partial charge >= 0.3 is 0 Å². The van der Waals surface area contributed by atoms with Crippen LogP contribution < -0.4 is 0 Å². The number of imidazole rings is 1. The zero-order valence-corrected chi connectivity index (χ0v) is 11.0. The van der Waals surface area contributed by atoms with E-state index in [0.29, 0.717) is 5.69 Å². The summed E-state index contributed by atoms with van der Waals surface area (Å²) in [6.45, 7) is 3.00. The van der Waals surface area contributed by atoms with Crippen LogP contribution >= 0.6 is 22.9 Å². The summed E-state index contributed by atoms with van der Waals surface area (Å²) >= 11 is 6.94. The normalized spacial score (nSPS) is 10.7. The van der Waals surface area contributed by atoms with Gasteiger partial charge in [-0.2, -0.15) is 0 Å². The van der Waals surface area contributed by atoms with Gasteiger partial charge in [-0.1, -0.05) is 6.92 Å². The van der Waals surface area contributed by atoms with Crippen molar-refractivity contribution < 1.29 is 4.79 Å². The van der Waals surface area contributed by atoms with E-state index in [1.807, 2.05) is 4.57 Å². The molecule has 0 aromatic carbocycles. The number of hydrogen-bond acceptors (Lipinski definition) is 4. The lowest BCUT2D eigenvalue weighted by Gasteiger charge is -2.02. The third kappa shape index (κ3) is 2.56. The number of carbonyl (C=O) groups excluding carboxylic acids is 1. The average Bonchev–Trinajstić information content (AvgIpc) is 2.96. The first kappa shape index (κ1) is 12.3. The van der Waals surface area contributed by atoms with E-state index in [9.17, 15) is 4.79 Å². The first-order valence-electron chi connectivity index (χ1n) is 5.31.